The second-order valence-electron chi connectivity index (χ2n) is 5.04. The molecule has 1 heterocycles. The summed E-state index contributed by atoms with van der Waals surface area (Å²) in [6.45, 7) is 3.98. The van der Waals surface area contributed by atoms with Gasteiger partial charge in [-0.15, -0.1) is 0 Å². The van der Waals surface area contributed by atoms with Crippen LogP contribution in [0.15, 0.2) is 18.2 Å². The number of methoxy groups -OCH3 is 1. The van der Waals surface area contributed by atoms with Gasteiger partial charge in [-0.2, -0.15) is 5.10 Å². The second kappa shape index (κ2) is 6.31. The number of ether oxygens (including phenoxy) is 1. The monoisotopic (exact) mass is 306 g/mol. The van der Waals surface area contributed by atoms with Crippen LogP contribution in [0.4, 0.5) is 0 Å². The van der Waals surface area contributed by atoms with Crippen molar-refractivity contribution in [2.75, 3.05) is 7.11 Å². The molecule has 0 fully saturated rings. The zero-order valence-electron chi connectivity index (χ0n) is 12.7. The minimum atomic E-state index is 0.0250. The second-order valence-corrected chi connectivity index (χ2v) is 5.48. The first-order valence-electron chi connectivity index (χ1n) is 6.80. The lowest BCUT2D eigenvalue weighted by Gasteiger charge is -2.08. The molecule has 1 aromatic heterocycles. The van der Waals surface area contributed by atoms with Crippen LogP contribution in [-0.2, 0) is 13.5 Å². The lowest BCUT2D eigenvalue weighted by molar-refractivity contribution is 0.0980. The van der Waals surface area contributed by atoms with E-state index in [9.17, 15) is 4.79 Å². The molecule has 5 heteroatoms. The number of Topliss-reactive ketones (excluding diaryl/α,β-unsaturated/α-hetero) is 1. The summed E-state index contributed by atoms with van der Waals surface area (Å²) in [4.78, 5) is 12.4. The Labute approximate surface area is 129 Å². The zero-order chi connectivity index (χ0) is 15.6. The van der Waals surface area contributed by atoms with Crippen molar-refractivity contribution in [2.24, 2.45) is 7.05 Å². The van der Waals surface area contributed by atoms with E-state index in [1.54, 1.807) is 25.3 Å². The molecule has 0 saturated carbocycles. The molecule has 21 heavy (non-hydrogen) atoms. The number of nitrogens with zero attached hydrogens (tertiary/aromatic N) is 2. The smallest absolute Gasteiger partial charge is 0.166 e. The Kier molecular flexibility index (Phi) is 4.68. The van der Waals surface area contributed by atoms with Gasteiger partial charge in [0, 0.05) is 24.2 Å². The fourth-order valence-electron chi connectivity index (χ4n) is 2.45. The Bertz CT molecular complexity index is 677. The van der Waals surface area contributed by atoms with Gasteiger partial charge in [0.25, 0.3) is 0 Å². The number of benzene rings is 1. The van der Waals surface area contributed by atoms with E-state index in [1.165, 1.54) is 0 Å². The van der Waals surface area contributed by atoms with Gasteiger partial charge in [-0.1, -0.05) is 11.6 Å². The van der Waals surface area contributed by atoms with Crippen molar-refractivity contribution in [2.45, 2.75) is 26.7 Å². The van der Waals surface area contributed by atoms with Crippen molar-refractivity contribution < 1.29 is 9.53 Å². The highest BCUT2D eigenvalue weighted by Crippen LogP contribution is 2.25. The summed E-state index contributed by atoms with van der Waals surface area (Å²) in [7, 11) is 3.46. The zero-order valence-corrected chi connectivity index (χ0v) is 13.5. The van der Waals surface area contributed by atoms with Crippen molar-refractivity contribution in [1.29, 1.82) is 0 Å². The van der Waals surface area contributed by atoms with Crippen LogP contribution in [0, 0.1) is 13.8 Å². The Morgan fingerprint density at radius 3 is 2.67 bits per heavy atom. The maximum atomic E-state index is 12.4. The minimum Gasteiger partial charge on any atom is -0.496 e. The fourth-order valence-corrected chi connectivity index (χ4v) is 2.62. The van der Waals surface area contributed by atoms with Crippen molar-refractivity contribution in [3.63, 3.8) is 0 Å². The van der Waals surface area contributed by atoms with Gasteiger partial charge in [-0.25, -0.2) is 0 Å². The number of hydrogen-bond acceptors (Lipinski definition) is 3. The highest BCUT2D eigenvalue weighted by molar-refractivity contribution is 6.31. The highest BCUT2D eigenvalue weighted by atomic mass is 35.5. The molecule has 0 aliphatic heterocycles. The standard InChI is InChI=1S/C16H19ClN2O2/c1-10-13(11(2)19(3)18-10)6-7-15(20)14-9-12(17)5-8-16(14)21-4/h5,8-9H,6-7H2,1-4H3. The first-order chi connectivity index (χ1) is 9.93. The lowest BCUT2D eigenvalue weighted by atomic mass is 10.0. The number of carbonyl (C=O) groups excluding carboxylic acids is 1. The molecule has 0 saturated heterocycles. The van der Waals surface area contributed by atoms with Crippen LogP contribution in [0.2, 0.25) is 5.02 Å². The highest BCUT2D eigenvalue weighted by Gasteiger charge is 2.16. The van der Waals surface area contributed by atoms with Crippen LogP contribution in [-0.4, -0.2) is 22.7 Å². The predicted molar refractivity (Wildman–Crippen MR) is 83.3 cm³/mol. The average molecular weight is 307 g/mol. The average Bonchev–Trinajstić information content (AvgIpc) is 2.70. The third-order valence-corrected chi connectivity index (χ3v) is 3.96. The van der Waals surface area contributed by atoms with Crippen LogP contribution in [0.1, 0.15) is 33.7 Å². The summed E-state index contributed by atoms with van der Waals surface area (Å²) in [6, 6.07) is 5.09. The Morgan fingerprint density at radius 2 is 2.10 bits per heavy atom. The maximum Gasteiger partial charge on any atom is 0.166 e. The van der Waals surface area contributed by atoms with E-state index < -0.39 is 0 Å². The van der Waals surface area contributed by atoms with Gasteiger partial charge in [-0.05, 0) is 44.0 Å². The van der Waals surface area contributed by atoms with Crippen LogP contribution in [0.3, 0.4) is 0 Å². The van der Waals surface area contributed by atoms with Crippen molar-refractivity contribution in [3.8, 4) is 5.75 Å². The number of ketones is 1. The van der Waals surface area contributed by atoms with Gasteiger partial charge in [0.2, 0.25) is 0 Å². The van der Waals surface area contributed by atoms with Crippen molar-refractivity contribution >= 4 is 17.4 Å². The third-order valence-electron chi connectivity index (χ3n) is 3.72. The summed E-state index contributed by atoms with van der Waals surface area (Å²) < 4.78 is 7.07. The summed E-state index contributed by atoms with van der Waals surface area (Å²) in [6.07, 6.45) is 1.07. The quantitative estimate of drug-likeness (QED) is 0.794. The molecule has 0 aliphatic rings. The molecule has 0 radical (unpaired) electrons. The molecule has 4 nitrogen and oxygen atoms in total. The molecule has 0 aliphatic carbocycles. The Balaban J connectivity index is 2.17. The van der Waals surface area contributed by atoms with Crippen LogP contribution in [0.25, 0.3) is 0 Å². The molecular weight excluding hydrogens is 288 g/mol. The van der Waals surface area contributed by atoms with E-state index in [4.69, 9.17) is 16.3 Å². The van der Waals surface area contributed by atoms with Crippen LogP contribution < -0.4 is 4.74 Å². The van der Waals surface area contributed by atoms with E-state index in [2.05, 4.69) is 5.10 Å². The predicted octanol–water partition coefficient (Wildman–Crippen LogP) is 3.51. The summed E-state index contributed by atoms with van der Waals surface area (Å²) in [5, 5.41) is 4.90. The van der Waals surface area contributed by atoms with Crippen molar-refractivity contribution in [1.82, 2.24) is 9.78 Å². The summed E-state index contributed by atoms with van der Waals surface area (Å²) in [5.41, 5.74) is 3.73. The van der Waals surface area contributed by atoms with Gasteiger partial charge in [0.1, 0.15) is 5.75 Å². The van der Waals surface area contributed by atoms with Gasteiger partial charge in [-0.3, -0.25) is 9.48 Å². The third kappa shape index (κ3) is 3.27. The molecule has 0 amide bonds. The molecule has 0 N–H and O–H groups in total. The van der Waals surface area contributed by atoms with E-state index in [1.807, 2.05) is 25.6 Å². The lowest BCUT2D eigenvalue weighted by Crippen LogP contribution is -2.05. The number of aryl methyl sites for hydroxylation is 2. The van der Waals surface area contributed by atoms with Gasteiger partial charge in [0.15, 0.2) is 5.78 Å². The van der Waals surface area contributed by atoms with E-state index in [0.29, 0.717) is 29.2 Å². The molecule has 0 spiro atoms. The van der Waals surface area contributed by atoms with Gasteiger partial charge >= 0.3 is 0 Å². The first kappa shape index (κ1) is 15.6. The van der Waals surface area contributed by atoms with Crippen LogP contribution in [0.5, 0.6) is 5.75 Å². The minimum absolute atomic E-state index is 0.0250. The van der Waals surface area contributed by atoms with E-state index in [0.717, 1.165) is 17.0 Å². The SMILES string of the molecule is COc1ccc(Cl)cc1C(=O)CCc1c(C)nn(C)c1C. The van der Waals surface area contributed by atoms with E-state index >= 15 is 0 Å². The van der Waals surface area contributed by atoms with Gasteiger partial charge < -0.3 is 4.74 Å². The normalized spacial score (nSPS) is 10.7. The summed E-state index contributed by atoms with van der Waals surface area (Å²) >= 11 is 5.97. The molecule has 1 aromatic carbocycles. The molecule has 2 rings (SSSR count). The first-order valence-corrected chi connectivity index (χ1v) is 7.17. The summed E-state index contributed by atoms with van der Waals surface area (Å²) in [5.74, 6) is 0.584. The molecule has 0 atom stereocenters. The molecule has 112 valence electrons. The fraction of sp³-hybridized carbons (Fsp3) is 0.375. The number of aromatic nitrogens is 2. The van der Waals surface area contributed by atoms with E-state index in [-0.39, 0.29) is 5.78 Å². The largest absolute Gasteiger partial charge is 0.496 e. The van der Waals surface area contributed by atoms with Gasteiger partial charge in [0.05, 0.1) is 18.4 Å². The Morgan fingerprint density at radius 1 is 1.38 bits per heavy atom. The van der Waals surface area contributed by atoms with Crippen LogP contribution >= 0.6 is 11.6 Å². The topological polar surface area (TPSA) is 44.1 Å². The number of carbonyl (C=O) groups is 1. The van der Waals surface area contributed by atoms with Crippen molar-refractivity contribution in [3.05, 3.63) is 45.7 Å². The molecular formula is C16H19ClN2O2. The number of halogens is 1. The Hall–Kier alpha value is -1.81. The number of rotatable bonds is 5. The molecule has 0 unspecified atom stereocenters. The maximum absolute atomic E-state index is 12.4. The molecule has 2 aromatic rings. The molecule has 0 bridgehead atoms. The number of hydrogen-bond donors (Lipinski definition) is 0.